The molecule has 1 aromatic rings. The first-order chi connectivity index (χ1) is 18.7. The molecule has 12 nitrogen and oxygen atoms in total. The minimum atomic E-state index is -3.82. The number of alkyl carbamates (subject to hydrolysis) is 1. The van der Waals surface area contributed by atoms with Gasteiger partial charge in [-0.3, -0.25) is 14.5 Å². The van der Waals surface area contributed by atoms with E-state index in [4.69, 9.17) is 9.88 Å². The third-order valence-corrected chi connectivity index (χ3v) is 9.27. The number of piperidine rings is 1. The van der Waals surface area contributed by atoms with Crippen molar-refractivity contribution >= 4 is 27.9 Å². The van der Waals surface area contributed by atoms with Crippen LogP contribution >= 0.6 is 0 Å². The maximum Gasteiger partial charge on any atom is 0.408 e. The molecule has 4 aliphatic rings. The molecule has 1 aliphatic carbocycles. The largest absolute Gasteiger partial charge is 0.444 e. The standard InChI is InChI=1S/C27H36N6O6S/c1-15(16-5-7-20(8-6-16)40(29,37)38)32-19-11-23(25(32)35)31(13-19)14-21(30-26(36)39-27(2,3)4)24(34)33-18(12-28)9-17-10-22(17)33/h5-8,15,17-19,21-23H,9-11,13-14H2,1-4H3,(H,30,36)(H2,29,37,38)/t15?,17-,18?,19+,21?,22+,23?/m1/s1. The van der Waals surface area contributed by atoms with Crippen LogP contribution in [0.1, 0.15) is 58.6 Å². The van der Waals surface area contributed by atoms with Gasteiger partial charge in [-0.2, -0.15) is 5.26 Å². The molecule has 4 fully saturated rings. The summed E-state index contributed by atoms with van der Waals surface area (Å²) in [7, 11) is -3.82. The summed E-state index contributed by atoms with van der Waals surface area (Å²) in [5, 5.41) is 17.6. The van der Waals surface area contributed by atoms with Crippen LogP contribution in [-0.2, 0) is 24.3 Å². The van der Waals surface area contributed by atoms with Crippen LogP contribution in [0.5, 0.6) is 0 Å². The summed E-state index contributed by atoms with van der Waals surface area (Å²) in [4.78, 5) is 45.3. The van der Waals surface area contributed by atoms with Crippen LogP contribution in [-0.4, -0.2) is 89.9 Å². The van der Waals surface area contributed by atoms with Gasteiger partial charge in [0.25, 0.3) is 0 Å². The van der Waals surface area contributed by atoms with E-state index in [1.807, 2.05) is 16.7 Å². The van der Waals surface area contributed by atoms with Gasteiger partial charge in [-0.25, -0.2) is 18.4 Å². The average Bonchev–Trinajstić information content (AvgIpc) is 3.18. The van der Waals surface area contributed by atoms with Gasteiger partial charge in [0.05, 0.1) is 23.0 Å². The Hall–Kier alpha value is -3.21. The molecule has 216 valence electrons. The van der Waals surface area contributed by atoms with E-state index in [0.29, 0.717) is 25.3 Å². The molecule has 3 aliphatic heterocycles. The molecule has 3 heterocycles. The Balaban J connectivity index is 1.30. The first kappa shape index (κ1) is 28.3. The first-order valence-corrected chi connectivity index (χ1v) is 15.1. The summed E-state index contributed by atoms with van der Waals surface area (Å²) in [5.74, 6) is -0.0758. The number of fused-ring (bicyclic) bond motifs is 3. The van der Waals surface area contributed by atoms with Crippen LogP contribution in [0.15, 0.2) is 29.2 Å². The highest BCUT2D eigenvalue weighted by Crippen LogP contribution is 2.48. The Morgan fingerprint density at radius 3 is 2.45 bits per heavy atom. The van der Waals surface area contributed by atoms with Crippen molar-refractivity contribution in [1.82, 2.24) is 20.0 Å². The Morgan fingerprint density at radius 2 is 1.88 bits per heavy atom. The number of sulfonamides is 1. The number of nitrogens with one attached hydrogen (secondary N) is 1. The molecule has 2 bridgehead atoms. The van der Waals surface area contributed by atoms with Gasteiger partial charge in [-0.15, -0.1) is 0 Å². The predicted molar refractivity (Wildman–Crippen MR) is 143 cm³/mol. The van der Waals surface area contributed by atoms with Gasteiger partial charge in [0.2, 0.25) is 21.8 Å². The number of benzene rings is 1. The van der Waals surface area contributed by atoms with E-state index in [2.05, 4.69) is 11.4 Å². The van der Waals surface area contributed by atoms with Gasteiger partial charge in [0.15, 0.2) is 0 Å². The molecule has 1 aromatic carbocycles. The molecule has 3 amide bonds. The Bertz CT molecular complexity index is 1350. The number of likely N-dealkylation sites (tertiary alicyclic amines) is 3. The molecule has 3 N–H and O–H groups in total. The van der Waals surface area contributed by atoms with Crippen molar-refractivity contribution in [3.8, 4) is 6.07 Å². The molecule has 40 heavy (non-hydrogen) atoms. The first-order valence-electron chi connectivity index (χ1n) is 13.6. The maximum atomic E-state index is 13.7. The summed E-state index contributed by atoms with van der Waals surface area (Å²) in [6.07, 6.45) is 1.37. The van der Waals surface area contributed by atoms with Gasteiger partial charge in [0, 0.05) is 25.2 Å². The zero-order valence-electron chi connectivity index (χ0n) is 23.1. The fourth-order valence-corrected chi connectivity index (χ4v) is 6.95. The topological polar surface area (TPSA) is 166 Å². The molecule has 0 spiro atoms. The number of hydrogen-bond donors (Lipinski definition) is 2. The SMILES string of the molecule is CC(c1ccc(S(N)(=O)=O)cc1)N1C(=O)C2C[C@H]1CN2CC(NC(=O)OC(C)(C)C)C(=O)N1C(C#N)C[C@@H]2C[C@@H]21. The van der Waals surface area contributed by atoms with Gasteiger partial charge >= 0.3 is 6.09 Å². The fourth-order valence-electron chi connectivity index (χ4n) is 6.43. The highest BCUT2D eigenvalue weighted by molar-refractivity contribution is 7.89. The summed E-state index contributed by atoms with van der Waals surface area (Å²) in [6, 6.07) is 6.10. The van der Waals surface area contributed by atoms with Gasteiger partial charge in [-0.1, -0.05) is 12.1 Å². The van der Waals surface area contributed by atoms with Crippen LogP contribution in [0.2, 0.25) is 0 Å². The monoisotopic (exact) mass is 572 g/mol. The molecule has 7 atom stereocenters. The van der Waals surface area contributed by atoms with Crippen LogP contribution < -0.4 is 10.5 Å². The molecule has 3 saturated heterocycles. The Kier molecular flexibility index (Phi) is 7.09. The number of nitrogens with zero attached hydrogens (tertiary/aromatic N) is 4. The molecule has 5 rings (SSSR count). The third kappa shape index (κ3) is 5.40. The smallest absolute Gasteiger partial charge is 0.408 e. The quantitative estimate of drug-likeness (QED) is 0.490. The number of piperazine rings is 1. The zero-order valence-corrected chi connectivity index (χ0v) is 23.9. The number of primary sulfonamides is 1. The van der Waals surface area contributed by atoms with Crippen LogP contribution in [0.4, 0.5) is 4.79 Å². The number of carbonyl (C=O) groups excluding carboxylic acids is 3. The number of ether oxygens (including phenoxy) is 1. The summed E-state index contributed by atoms with van der Waals surface area (Å²) >= 11 is 0. The van der Waals surface area contributed by atoms with E-state index in [0.717, 1.165) is 12.0 Å². The average molecular weight is 573 g/mol. The molecule has 0 radical (unpaired) electrons. The highest BCUT2D eigenvalue weighted by Gasteiger charge is 2.56. The lowest BCUT2D eigenvalue weighted by Crippen LogP contribution is -2.59. The van der Waals surface area contributed by atoms with E-state index < -0.39 is 39.8 Å². The summed E-state index contributed by atoms with van der Waals surface area (Å²) < 4.78 is 28.6. The summed E-state index contributed by atoms with van der Waals surface area (Å²) in [5.41, 5.74) is 0.0311. The van der Waals surface area contributed by atoms with Crippen molar-refractivity contribution in [3.05, 3.63) is 29.8 Å². The number of carbonyl (C=O) groups is 3. The van der Waals surface area contributed by atoms with Crippen molar-refractivity contribution in [3.63, 3.8) is 0 Å². The molecule has 13 heteroatoms. The number of rotatable bonds is 7. The predicted octanol–water partition coefficient (Wildman–Crippen LogP) is 1.09. The van der Waals surface area contributed by atoms with E-state index in [9.17, 15) is 28.1 Å². The molecule has 4 unspecified atom stereocenters. The highest BCUT2D eigenvalue weighted by atomic mass is 32.2. The number of nitriles is 1. The van der Waals surface area contributed by atoms with Crippen LogP contribution in [0.25, 0.3) is 0 Å². The normalized spacial score (nSPS) is 29.1. The van der Waals surface area contributed by atoms with Crippen LogP contribution in [0, 0.1) is 17.2 Å². The Labute approximate surface area is 234 Å². The minimum absolute atomic E-state index is 0.00579. The lowest BCUT2D eigenvalue weighted by Gasteiger charge is -2.39. The lowest BCUT2D eigenvalue weighted by atomic mass is 10.1. The second-order valence-corrected chi connectivity index (χ2v) is 13.8. The number of hydrogen-bond acceptors (Lipinski definition) is 8. The maximum absolute atomic E-state index is 13.7. The lowest BCUT2D eigenvalue weighted by molar-refractivity contribution is -0.141. The fraction of sp³-hybridized carbons (Fsp3) is 0.630. The number of nitrogens with two attached hydrogens (primary N) is 1. The Morgan fingerprint density at radius 1 is 1.20 bits per heavy atom. The summed E-state index contributed by atoms with van der Waals surface area (Å²) in [6.45, 7) is 7.75. The molecule has 1 saturated carbocycles. The van der Waals surface area contributed by atoms with Crippen molar-refractivity contribution in [2.24, 2.45) is 11.1 Å². The van der Waals surface area contributed by atoms with E-state index in [1.54, 1.807) is 37.8 Å². The third-order valence-electron chi connectivity index (χ3n) is 8.34. The van der Waals surface area contributed by atoms with Crippen molar-refractivity contribution in [2.75, 3.05) is 13.1 Å². The van der Waals surface area contributed by atoms with Gasteiger partial charge in [-0.05, 0) is 70.6 Å². The van der Waals surface area contributed by atoms with Crippen LogP contribution in [0.3, 0.4) is 0 Å². The molecular weight excluding hydrogens is 536 g/mol. The van der Waals surface area contributed by atoms with Crippen molar-refractivity contribution in [1.29, 1.82) is 5.26 Å². The van der Waals surface area contributed by atoms with E-state index in [1.165, 1.54) is 12.1 Å². The van der Waals surface area contributed by atoms with E-state index in [-0.39, 0.29) is 41.4 Å². The number of amides is 3. The van der Waals surface area contributed by atoms with Gasteiger partial charge in [0.1, 0.15) is 17.7 Å². The van der Waals surface area contributed by atoms with Crippen molar-refractivity contribution < 1.29 is 27.5 Å². The minimum Gasteiger partial charge on any atom is -0.444 e. The second kappa shape index (κ2) is 10.0. The van der Waals surface area contributed by atoms with Crippen molar-refractivity contribution in [2.45, 2.75) is 93.7 Å². The molecule has 0 aromatic heterocycles. The zero-order chi connectivity index (χ0) is 29.1. The molecular formula is C27H36N6O6S. The second-order valence-electron chi connectivity index (χ2n) is 12.3. The van der Waals surface area contributed by atoms with E-state index >= 15 is 0 Å². The van der Waals surface area contributed by atoms with Gasteiger partial charge < -0.3 is 19.9 Å².